The van der Waals surface area contributed by atoms with Crippen LogP contribution in [0.1, 0.15) is 79.1 Å². The second kappa shape index (κ2) is 15.9. The van der Waals surface area contributed by atoms with Gasteiger partial charge in [-0.05, 0) is 25.7 Å². The third-order valence-electron chi connectivity index (χ3n) is 3.48. The van der Waals surface area contributed by atoms with Crippen molar-refractivity contribution < 1.29 is 5.48 Å². The van der Waals surface area contributed by atoms with E-state index in [1.807, 2.05) is 0 Å². The van der Waals surface area contributed by atoms with Crippen LogP contribution in [0.2, 0.25) is 0 Å². The van der Waals surface area contributed by atoms with Crippen LogP contribution < -0.4 is 0 Å². The summed E-state index contributed by atoms with van der Waals surface area (Å²) in [7, 11) is 0. The maximum absolute atomic E-state index is 2.64. The molecule has 2 N–H and O–H groups in total. The lowest BCUT2D eigenvalue weighted by molar-refractivity contribution is -0.0295. The van der Waals surface area contributed by atoms with Crippen molar-refractivity contribution in [3.63, 3.8) is 0 Å². The molecule has 0 unspecified atom stereocenters. The fourth-order valence-corrected chi connectivity index (χ4v) is 2.15. The molecule has 0 aliphatic carbocycles. The molecule has 3 nitrogen and oxygen atoms in total. The van der Waals surface area contributed by atoms with Gasteiger partial charge in [-0.25, -0.2) is 10.0 Å². The van der Waals surface area contributed by atoms with Gasteiger partial charge in [0.25, 0.3) is 0 Å². The van der Waals surface area contributed by atoms with Crippen LogP contribution in [0.25, 0.3) is 0 Å². The van der Waals surface area contributed by atoms with Crippen LogP contribution in [0.15, 0.2) is 0 Å². The van der Waals surface area contributed by atoms with Gasteiger partial charge in [0.15, 0.2) is 0 Å². The zero-order valence-corrected chi connectivity index (χ0v) is 13.9. The van der Waals surface area contributed by atoms with E-state index in [1.54, 1.807) is 0 Å². The quantitative estimate of drug-likeness (QED) is 0.478. The number of hydrogen-bond donors (Lipinski definition) is 0. The summed E-state index contributed by atoms with van der Waals surface area (Å²) >= 11 is 0. The van der Waals surface area contributed by atoms with Gasteiger partial charge in [-0.2, -0.15) is 0 Å². The first-order chi connectivity index (χ1) is 8.79. The highest BCUT2D eigenvalue weighted by molar-refractivity contribution is 4.60. The van der Waals surface area contributed by atoms with Gasteiger partial charge in [0.05, 0.1) is 0 Å². The van der Waals surface area contributed by atoms with Crippen LogP contribution >= 0.6 is 0 Å². The first-order valence-corrected chi connectivity index (χ1v) is 8.29. The van der Waals surface area contributed by atoms with Crippen LogP contribution in [-0.2, 0) is 0 Å². The van der Waals surface area contributed by atoms with E-state index in [1.165, 1.54) is 77.5 Å². The van der Waals surface area contributed by atoms with Crippen molar-refractivity contribution in [1.82, 2.24) is 10.0 Å². The summed E-state index contributed by atoms with van der Waals surface area (Å²) in [6.45, 7) is 14.2. The van der Waals surface area contributed by atoms with E-state index in [0.717, 1.165) is 0 Å². The van der Waals surface area contributed by atoms with Crippen LogP contribution in [0.3, 0.4) is 0 Å². The zero-order valence-electron chi connectivity index (χ0n) is 13.9. The van der Waals surface area contributed by atoms with Gasteiger partial charge in [0, 0.05) is 26.2 Å². The average Bonchev–Trinajstić information content (AvgIpc) is 2.40. The Morgan fingerprint density at radius 2 is 0.684 bits per heavy atom. The largest absolute Gasteiger partial charge is 0.412 e. The zero-order chi connectivity index (χ0) is 13.6. The predicted octanol–water partition coefficient (Wildman–Crippen LogP) is 3.88. The SMILES string of the molecule is CCCCN(CCCC)N(CCCC)CCCC.O. The highest BCUT2D eigenvalue weighted by Gasteiger charge is 2.13. The normalized spacial score (nSPS) is 11.1. The summed E-state index contributed by atoms with van der Waals surface area (Å²) in [5.74, 6) is 0. The lowest BCUT2D eigenvalue weighted by atomic mass is 10.2. The predicted molar refractivity (Wildman–Crippen MR) is 86.4 cm³/mol. The number of hydrazine groups is 1. The first kappa shape index (κ1) is 21.2. The van der Waals surface area contributed by atoms with E-state index >= 15 is 0 Å². The Bertz CT molecular complexity index is 131. The molecule has 3 heteroatoms. The summed E-state index contributed by atoms with van der Waals surface area (Å²) < 4.78 is 0. The van der Waals surface area contributed by atoms with Crippen LogP contribution in [0.5, 0.6) is 0 Å². The Hall–Kier alpha value is -0.120. The molecule has 0 aromatic heterocycles. The van der Waals surface area contributed by atoms with Gasteiger partial charge in [0.2, 0.25) is 0 Å². The molecular formula is C16H38N2O. The molecule has 0 heterocycles. The van der Waals surface area contributed by atoms with Crippen molar-refractivity contribution in [3.8, 4) is 0 Å². The van der Waals surface area contributed by atoms with Crippen molar-refractivity contribution in [2.75, 3.05) is 26.2 Å². The Morgan fingerprint density at radius 3 is 0.842 bits per heavy atom. The summed E-state index contributed by atoms with van der Waals surface area (Å²) in [5, 5.41) is 5.27. The number of nitrogens with zero attached hydrogens (tertiary/aromatic N) is 2. The van der Waals surface area contributed by atoms with Gasteiger partial charge < -0.3 is 5.48 Å². The molecule has 0 bridgehead atoms. The van der Waals surface area contributed by atoms with Gasteiger partial charge in [-0.15, -0.1) is 0 Å². The van der Waals surface area contributed by atoms with Crippen molar-refractivity contribution in [3.05, 3.63) is 0 Å². The van der Waals surface area contributed by atoms with Gasteiger partial charge >= 0.3 is 0 Å². The highest BCUT2D eigenvalue weighted by Crippen LogP contribution is 2.08. The molecule has 0 aliphatic rings. The van der Waals surface area contributed by atoms with E-state index in [9.17, 15) is 0 Å². The molecule has 118 valence electrons. The Balaban J connectivity index is 0. The summed E-state index contributed by atoms with van der Waals surface area (Å²) in [4.78, 5) is 0. The molecule has 0 saturated carbocycles. The van der Waals surface area contributed by atoms with Crippen molar-refractivity contribution in [2.45, 2.75) is 79.1 Å². The summed E-state index contributed by atoms with van der Waals surface area (Å²) in [6.07, 6.45) is 10.5. The molecule has 0 aliphatic heterocycles. The van der Waals surface area contributed by atoms with Gasteiger partial charge in [-0.1, -0.05) is 53.4 Å². The fourth-order valence-electron chi connectivity index (χ4n) is 2.15. The molecule has 0 spiro atoms. The second-order valence-electron chi connectivity index (χ2n) is 5.32. The molecule has 19 heavy (non-hydrogen) atoms. The minimum absolute atomic E-state index is 0. The molecular weight excluding hydrogens is 236 g/mol. The lowest BCUT2D eigenvalue weighted by Gasteiger charge is -2.35. The molecule has 0 rings (SSSR count). The second-order valence-corrected chi connectivity index (χ2v) is 5.32. The number of hydrogen-bond acceptors (Lipinski definition) is 2. The molecule has 0 amide bonds. The Morgan fingerprint density at radius 1 is 0.474 bits per heavy atom. The molecule has 0 aromatic rings. The van der Waals surface area contributed by atoms with Crippen molar-refractivity contribution >= 4 is 0 Å². The van der Waals surface area contributed by atoms with Crippen molar-refractivity contribution in [1.29, 1.82) is 0 Å². The standard InChI is InChI=1S/C16H36N2.H2O/c1-5-9-13-17(14-10-6-2)18(15-11-7-3)16-12-8-4;/h5-16H2,1-4H3;1H2. The third-order valence-corrected chi connectivity index (χ3v) is 3.48. The molecule has 0 fully saturated rings. The maximum atomic E-state index is 2.64. The van der Waals surface area contributed by atoms with Gasteiger partial charge in [0.1, 0.15) is 0 Å². The molecule has 0 radical (unpaired) electrons. The monoisotopic (exact) mass is 274 g/mol. The minimum Gasteiger partial charge on any atom is -0.412 e. The summed E-state index contributed by atoms with van der Waals surface area (Å²) in [5.41, 5.74) is 0. The van der Waals surface area contributed by atoms with E-state index in [0.29, 0.717) is 0 Å². The molecule has 0 aromatic carbocycles. The molecule has 0 atom stereocenters. The van der Waals surface area contributed by atoms with E-state index in [-0.39, 0.29) is 5.48 Å². The van der Waals surface area contributed by atoms with Crippen LogP contribution in [-0.4, -0.2) is 41.7 Å². The smallest absolute Gasteiger partial charge is 0.0133 e. The number of unbranched alkanes of at least 4 members (excludes halogenated alkanes) is 4. The highest BCUT2D eigenvalue weighted by atomic mass is 16.0. The van der Waals surface area contributed by atoms with E-state index in [2.05, 4.69) is 37.7 Å². The molecule has 0 saturated heterocycles. The summed E-state index contributed by atoms with van der Waals surface area (Å²) in [6, 6.07) is 0. The van der Waals surface area contributed by atoms with Crippen LogP contribution in [0, 0.1) is 0 Å². The first-order valence-electron chi connectivity index (χ1n) is 8.29. The van der Waals surface area contributed by atoms with E-state index in [4.69, 9.17) is 0 Å². The Labute approximate surface area is 121 Å². The Kier molecular flexibility index (Phi) is 17.8. The van der Waals surface area contributed by atoms with Crippen LogP contribution in [0.4, 0.5) is 0 Å². The lowest BCUT2D eigenvalue weighted by Crippen LogP contribution is -2.44. The van der Waals surface area contributed by atoms with E-state index < -0.39 is 0 Å². The minimum atomic E-state index is 0. The topological polar surface area (TPSA) is 38.0 Å². The van der Waals surface area contributed by atoms with Gasteiger partial charge in [-0.3, -0.25) is 0 Å². The fraction of sp³-hybridized carbons (Fsp3) is 1.00. The average molecular weight is 274 g/mol. The maximum Gasteiger partial charge on any atom is 0.0133 e. The third kappa shape index (κ3) is 11.4. The van der Waals surface area contributed by atoms with Crippen molar-refractivity contribution in [2.24, 2.45) is 0 Å². The number of rotatable bonds is 13.